The van der Waals surface area contributed by atoms with Crippen molar-refractivity contribution >= 4 is 28.4 Å². The van der Waals surface area contributed by atoms with Gasteiger partial charge in [-0.2, -0.15) is 0 Å². The van der Waals surface area contributed by atoms with Gasteiger partial charge in [-0.25, -0.2) is 0 Å². The van der Waals surface area contributed by atoms with Gasteiger partial charge in [0.25, 0.3) is 5.91 Å². The number of hydrogen-bond donors (Lipinski definition) is 2. The quantitative estimate of drug-likeness (QED) is 0.762. The molecule has 0 aliphatic carbocycles. The largest absolute Gasteiger partial charge is 0.396 e. The van der Waals surface area contributed by atoms with E-state index in [0.29, 0.717) is 23.0 Å². The van der Waals surface area contributed by atoms with E-state index in [2.05, 4.69) is 15.2 Å². The smallest absolute Gasteiger partial charge is 0.252 e. The Kier molecular flexibility index (Phi) is 6.46. The Morgan fingerprint density at radius 2 is 2.27 bits per heavy atom. The van der Waals surface area contributed by atoms with E-state index in [1.807, 2.05) is 19.1 Å². The third-order valence-electron chi connectivity index (χ3n) is 4.94. The van der Waals surface area contributed by atoms with E-state index in [-0.39, 0.29) is 12.5 Å². The van der Waals surface area contributed by atoms with Crippen LogP contribution >= 0.6 is 11.6 Å². The number of benzene rings is 1. The molecule has 1 aliphatic heterocycles. The highest BCUT2D eigenvalue weighted by Crippen LogP contribution is 2.22. The summed E-state index contributed by atoms with van der Waals surface area (Å²) >= 11 is 6.09. The number of halogens is 1. The molecule has 1 saturated heterocycles. The topological polar surface area (TPSA) is 65.5 Å². The monoisotopic (exact) mass is 375 g/mol. The van der Waals surface area contributed by atoms with Gasteiger partial charge in [0.2, 0.25) is 0 Å². The molecule has 1 aliphatic rings. The molecule has 1 atom stereocenters. The van der Waals surface area contributed by atoms with Gasteiger partial charge in [0.15, 0.2) is 0 Å². The Balaban J connectivity index is 1.57. The summed E-state index contributed by atoms with van der Waals surface area (Å²) in [6.07, 6.45) is 3.15. The molecule has 2 heterocycles. The maximum atomic E-state index is 12.6. The van der Waals surface area contributed by atoms with Crippen LogP contribution in [0.15, 0.2) is 24.3 Å². The second-order valence-corrected chi connectivity index (χ2v) is 7.51. The van der Waals surface area contributed by atoms with Gasteiger partial charge in [-0.15, -0.1) is 0 Å². The first-order chi connectivity index (χ1) is 12.6. The fourth-order valence-corrected chi connectivity index (χ4v) is 3.79. The fourth-order valence-electron chi connectivity index (χ4n) is 3.62. The number of nitrogens with one attached hydrogen (secondary N) is 1. The van der Waals surface area contributed by atoms with Crippen molar-refractivity contribution in [2.24, 2.45) is 5.92 Å². The summed E-state index contributed by atoms with van der Waals surface area (Å²) in [5, 5.41) is 13.7. The second kappa shape index (κ2) is 8.80. The SMILES string of the molecule is Cc1cc(C(=O)NCCCN2CCC[C@@H](CO)C2)c2cc(Cl)ccc2n1. The number of amides is 1. The second-order valence-electron chi connectivity index (χ2n) is 7.07. The molecule has 2 aromatic rings. The number of aliphatic hydroxyl groups is 1. The number of pyridine rings is 1. The zero-order valence-electron chi connectivity index (χ0n) is 15.2. The number of likely N-dealkylation sites (tertiary alicyclic amines) is 1. The molecule has 0 spiro atoms. The van der Waals surface area contributed by atoms with E-state index in [0.717, 1.165) is 55.5 Å². The molecule has 0 radical (unpaired) electrons. The summed E-state index contributed by atoms with van der Waals surface area (Å²) in [5.41, 5.74) is 2.21. The fraction of sp³-hybridized carbons (Fsp3) is 0.500. The zero-order chi connectivity index (χ0) is 18.5. The average molecular weight is 376 g/mol. The van der Waals surface area contributed by atoms with E-state index < -0.39 is 0 Å². The minimum Gasteiger partial charge on any atom is -0.396 e. The summed E-state index contributed by atoms with van der Waals surface area (Å²) in [6.45, 7) is 5.76. The standard InChI is InChI=1S/C20H26ClN3O2/c1-14-10-18(17-11-16(21)5-6-19(17)23-14)20(26)22-7-3-9-24-8-2-4-15(12-24)13-25/h5-6,10-11,15,25H,2-4,7-9,12-13H2,1H3,(H,22,26)/t15-/m1/s1. The van der Waals surface area contributed by atoms with E-state index >= 15 is 0 Å². The zero-order valence-corrected chi connectivity index (χ0v) is 15.9. The number of aryl methyl sites for hydroxylation is 1. The first kappa shape index (κ1) is 19.1. The Hall–Kier alpha value is -1.69. The van der Waals surface area contributed by atoms with E-state index in [1.165, 1.54) is 0 Å². The van der Waals surface area contributed by atoms with Gasteiger partial charge in [-0.3, -0.25) is 9.78 Å². The molecule has 26 heavy (non-hydrogen) atoms. The summed E-state index contributed by atoms with van der Waals surface area (Å²) in [7, 11) is 0. The third-order valence-corrected chi connectivity index (χ3v) is 5.18. The van der Waals surface area contributed by atoms with Crippen molar-refractivity contribution in [3.63, 3.8) is 0 Å². The molecule has 0 bridgehead atoms. The van der Waals surface area contributed by atoms with Gasteiger partial charge in [0.1, 0.15) is 0 Å². The van der Waals surface area contributed by atoms with Gasteiger partial charge in [0.05, 0.1) is 11.1 Å². The number of carbonyl (C=O) groups excluding carboxylic acids is 1. The minimum atomic E-state index is -0.0883. The predicted molar refractivity (Wildman–Crippen MR) is 105 cm³/mol. The van der Waals surface area contributed by atoms with Crippen LogP contribution < -0.4 is 5.32 Å². The third kappa shape index (κ3) is 4.72. The average Bonchev–Trinajstić information content (AvgIpc) is 2.65. The van der Waals surface area contributed by atoms with Crippen LogP contribution in [0.2, 0.25) is 5.02 Å². The summed E-state index contributed by atoms with van der Waals surface area (Å²) in [5.74, 6) is 0.309. The summed E-state index contributed by atoms with van der Waals surface area (Å²) in [6, 6.07) is 7.23. The van der Waals surface area contributed by atoms with Gasteiger partial charge >= 0.3 is 0 Å². The highest BCUT2D eigenvalue weighted by Gasteiger charge is 2.18. The van der Waals surface area contributed by atoms with Crippen LogP contribution in [0.4, 0.5) is 0 Å². The van der Waals surface area contributed by atoms with Crippen molar-refractivity contribution in [1.29, 1.82) is 0 Å². The molecule has 1 aromatic heterocycles. The van der Waals surface area contributed by atoms with E-state index in [1.54, 1.807) is 12.1 Å². The van der Waals surface area contributed by atoms with Crippen LogP contribution in [0.5, 0.6) is 0 Å². The number of carbonyl (C=O) groups is 1. The number of nitrogens with zero attached hydrogens (tertiary/aromatic N) is 2. The number of hydrogen-bond acceptors (Lipinski definition) is 4. The number of aromatic nitrogens is 1. The molecule has 6 heteroatoms. The molecule has 0 unspecified atom stereocenters. The van der Waals surface area contributed by atoms with Gasteiger partial charge < -0.3 is 15.3 Å². The lowest BCUT2D eigenvalue weighted by Gasteiger charge is -2.31. The number of piperidine rings is 1. The van der Waals surface area contributed by atoms with Crippen LogP contribution in [0.3, 0.4) is 0 Å². The normalized spacial score (nSPS) is 18.2. The van der Waals surface area contributed by atoms with Crippen molar-refractivity contribution in [1.82, 2.24) is 15.2 Å². The van der Waals surface area contributed by atoms with Crippen molar-refractivity contribution in [3.8, 4) is 0 Å². The minimum absolute atomic E-state index is 0.0883. The number of aliphatic hydroxyl groups excluding tert-OH is 1. The first-order valence-corrected chi connectivity index (χ1v) is 9.63. The van der Waals surface area contributed by atoms with Crippen LogP contribution in [0, 0.1) is 12.8 Å². The first-order valence-electron chi connectivity index (χ1n) is 9.25. The van der Waals surface area contributed by atoms with Crippen molar-refractivity contribution in [2.75, 3.05) is 32.8 Å². The van der Waals surface area contributed by atoms with Crippen molar-refractivity contribution in [3.05, 3.63) is 40.5 Å². The Morgan fingerprint density at radius 1 is 1.42 bits per heavy atom. The van der Waals surface area contributed by atoms with Crippen LogP contribution in [0.1, 0.15) is 35.3 Å². The van der Waals surface area contributed by atoms with Crippen LogP contribution in [-0.4, -0.2) is 53.7 Å². The molecule has 5 nitrogen and oxygen atoms in total. The number of fused-ring (bicyclic) bond motifs is 1. The predicted octanol–water partition coefficient (Wildman–Crippen LogP) is 3.02. The molecule has 3 rings (SSSR count). The van der Waals surface area contributed by atoms with Crippen molar-refractivity contribution in [2.45, 2.75) is 26.2 Å². The maximum Gasteiger partial charge on any atom is 0.252 e. The van der Waals surface area contributed by atoms with E-state index in [9.17, 15) is 9.90 Å². The lowest BCUT2D eigenvalue weighted by molar-refractivity contribution is 0.0948. The molecule has 1 fully saturated rings. The van der Waals surface area contributed by atoms with Crippen LogP contribution in [0.25, 0.3) is 10.9 Å². The Morgan fingerprint density at radius 3 is 3.08 bits per heavy atom. The van der Waals surface area contributed by atoms with Crippen LogP contribution in [-0.2, 0) is 0 Å². The lowest BCUT2D eigenvalue weighted by atomic mass is 9.99. The molecule has 1 amide bonds. The molecule has 0 saturated carbocycles. The highest BCUT2D eigenvalue weighted by atomic mass is 35.5. The molecule has 1 aromatic carbocycles. The molecular formula is C20H26ClN3O2. The molecular weight excluding hydrogens is 350 g/mol. The Bertz CT molecular complexity index is 781. The van der Waals surface area contributed by atoms with Gasteiger partial charge in [-0.1, -0.05) is 11.6 Å². The van der Waals surface area contributed by atoms with E-state index in [4.69, 9.17) is 11.6 Å². The molecule has 2 N–H and O–H groups in total. The molecule has 140 valence electrons. The Labute approximate surface area is 159 Å². The lowest BCUT2D eigenvalue weighted by Crippen LogP contribution is -2.38. The van der Waals surface area contributed by atoms with Gasteiger partial charge in [0, 0.05) is 35.8 Å². The maximum absolute atomic E-state index is 12.6. The van der Waals surface area contributed by atoms with Crippen molar-refractivity contribution < 1.29 is 9.90 Å². The number of rotatable bonds is 6. The summed E-state index contributed by atoms with van der Waals surface area (Å²) in [4.78, 5) is 19.5. The van der Waals surface area contributed by atoms with Gasteiger partial charge in [-0.05, 0) is 69.5 Å². The highest BCUT2D eigenvalue weighted by molar-refractivity contribution is 6.31. The summed E-state index contributed by atoms with van der Waals surface area (Å²) < 4.78 is 0.